The minimum Gasteiger partial charge on any atom is -0.480 e. The molecule has 7 heteroatoms. The van der Waals surface area contributed by atoms with E-state index in [9.17, 15) is 19.5 Å². The molecule has 2 aliphatic carbocycles. The van der Waals surface area contributed by atoms with E-state index in [4.69, 9.17) is 4.74 Å². The molecule has 3 N–H and O–H groups in total. The molecule has 7 nitrogen and oxygen atoms in total. The number of carboxylic acids is 1. The Balaban J connectivity index is 1.36. The molecule has 174 valence electrons. The number of ether oxygens (including phenoxy) is 1. The highest BCUT2D eigenvalue weighted by molar-refractivity contribution is 5.88. The lowest BCUT2D eigenvalue weighted by atomic mass is 9.92. The van der Waals surface area contributed by atoms with Crippen molar-refractivity contribution >= 4 is 18.0 Å². The van der Waals surface area contributed by atoms with Gasteiger partial charge in [0.15, 0.2) is 0 Å². The van der Waals surface area contributed by atoms with Crippen molar-refractivity contribution in [1.82, 2.24) is 10.6 Å². The molecule has 0 heterocycles. The van der Waals surface area contributed by atoms with Crippen LogP contribution < -0.4 is 10.6 Å². The number of carboxylic acid groups (broad SMARTS) is 1. The lowest BCUT2D eigenvalue weighted by Crippen LogP contribution is -2.55. The van der Waals surface area contributed by atoms with Crippen molar-refractivity contribution in [3.8, 4) is 11.1 Å². The van der Waals surface area contributed by atoms with E-state index in [-0.39, 0.29) is 37.7 Å². The number of nitrogens with one attached hydrogen (secondary N) is 2. The first kappa shape index (κ1) is 22.8. The zero-order chi connectivity index (χ0) is 23.6. The highest BCUT2D eigenvalue weighted by Crippen LogP contribution is 2.44. The van der Waals surface area contributed by atoms with Gasteiger partial charge in [0.1, 0.15) is 12.1 Å². The number of alkyl carbamates (subject to hydrolysis) is 1. The molecule has 0 spiro atoms. The smallest absolute Gasteiger partial charge is 0.407 e. The molecule has 2 aromatic carbocycles. The van der Waals surface area contributed by atoms with Crippen LogP contribution in [0.3, 0.4) is 0 Å². The van der Waals surface area contributed by atoms with E-state index in [1.807, 2.05) is 24.3 Å². The van der Waals surface area contributed by atoms with E-state index in [1.165, 1.54) is 0 Å². The van der Waals surface area contributed by atoms with Gasteiger partial charge in [-0.05, 0) is 47.9 Å². The molecule has 2 aromatic rings. The number of rotatable bonds is 9. The fourth-order valence-electron chi connectivity index (χ4n) is 4.75. The van der Waals surface area contributed by atoms with Crippen LogP contribution in [0.5, 0.6) is 0 Å². The Labute approximate surface area is 193 Å². The monoisotopic (exact) mass is 450 g/mol. The molecule has 1 saturated carbocycles. The third-order valence-electron chi connectivity index (χ3n) is 7.06. The van der Waals surface area contributed by atoms with Crippen molar-refractivity contribution in [3.63, 3.8) is 0 Å². The lowest BCUT2D eigenvalue weighted by Gasteiger charge is -2.29. The second-order valence-corrected chi connectivity index (χ2v) is 9.05. The summed E-state index contributed by atoms with van der Waals surface area (Å²) in [4.78, 5) is 36.9. The molecule has 0 saturated heterocycles. The zero-order valence-corrected chi connectivity index (χ0v) is 19.0. The van der Waals surface area contributed by atoms with Gasteiger partial charge in [-0.2, -0.15) is 0 Å². The van der Waals surface area contributed by atoms with Gasteiger partial charge in [-0.25, -0.2) is 9.59 Å². The van der Waals surface area contributed by atoms with Gasteiger partial charge in [-0.3, -0.25) is 4.79 Å². The van der Waals surface area contributed by atoms with E-state index in [0.717, 1.165) is 22.3 Å². The van der Waals surface area contributed by atoms with Gasteiger partial charge in [0.25, 0.3) is 0 Å². The first-order valence-electron chi connectivity index (χ1n) is 11.5. The van der Waals surface area contributed by atoms with Crippen LogP contribution in [0.4, 0.5) is 4.79 Å². The zero-order valence-electron chi connectivity index (χ0n) is 19.0. The fraction of sp³-hybridized carbons (Fsp3) is 0.423. The first-order valence-corrected chi connectivity index (χ1v) is 11.5. The highest BCUT2D eigenvalue weighted by atomic mass is 16.5. The summed E-state index contributed by atoms with van der Waals surface area (Å²) in [6, 6.07) is 16.3. The third-order valence-corrected chi connectivity index (χ3v) is 7.06. The number of benzene rings is 2. The molecular formula is C26H30N2O5. The van der Waals surface area contributed by atoms with Crippen LogP contribution in [0.25, 0.3) is 11.1 Å². The van der Waals surface area contributed by atoms with Crippen LogP contribution in [0.2, 0.25) is 0 Å². The maximum absolute atomic E-state index is 12.6. The fourth-order valence-corrected chi connectivity index (χ4v) is 4.75. The number of hydrogen-bond donors (Lipinski definition) is 3. The minimum atomic E-state index is -1.28. The van der Waals surface area contributed by atoms with Crippen LogP contribution in [-0.4, -0.2) is 40.8 Å². The molecule has 2 amide bonds. The average Bonchev–Trinajstić information content (AvgIpc) is 3.47. The van der Waals surface area contributed by atoms with Crippen LogP contribution in [0, 0.1) is 0 Å². The first-order chi connectivity index (χ1) is 15.8. The quantitative estimate of drug-likeness (QED) is 0.531. The molecule has 0 radical (unpaired) electrons. The van der Waals surface area contributed by atoms with E-state index in [1.54, 1.807) is 13.8 Å². The predicted molar refractivity (Wildman–Crippen MR) is 124 cm³/mol. The van der Waals surface area contributed by atoms with Crippen LogP contribution in [0.15, 0.2) is 48.5 Å². The molecule has 2 aliphatic rings. The summed E-state index contributed by atoms with van der Waals surface area (Å²) < 4.78 is 5.60. The largest absolute Gasteiger partial charge is 0.480 e. The Kier molecular flexibility index (Phi) is 6.15. The number of aliphatic carboxylic acids is 1. The topological polar surface area (TPSA) is 105 Å². The molecular weight excluding hydrogens is 420 g/mol. The SMILES string of the molecule is CCC(CC)(NC(=O)CC1(NC(=O)OCC2c3ccccc3-c3ccccc32)CC1)C(=O)O. The molecule has 0 aromatic heterocycles. The molecule has 0 aliphatic heterocycles. The Bertz CT molecular complexity index is 1030. The predicted octanol–water partition coefficient (Wildman–Crippen LogP) is 4.21. The van der Waals surface area contributed by atoms with Crippen LogP contribution in [0.1, 0.15) is 63.0 Å². The van der Waals surface area contributed by atoms with Gasteiger partial charge in [0, 0.05) is 12.3 Å². The Hall–Kier alpha value is -3.35. The summed E-state index contributed by atoms with van der Waals surface area (Å²) >= 11 is 0. The van der Waals surface area contributed by atoms with E-state index in [0.29, 0.717) is 12.8 Å². The number of amides is 2. The van der Waals surface area contributed by atoms with Gasteiger partial charge in [0.05, 0.1) is 5.54 Å². The second kappa shape index (κ2) is 8.89. The highest BCUT2D eigenvalue weighted by Gasteiger charge is 2.48. The van der Waals surface area contributed by atoms with Gasteiger partial charge in [-0.1, -0.05) is 62.4 Å². The van der Waals surface area contributed by atoms with E-state index in [2.05, 4.69) is 34.9 Å². The molecule has 33 heavy (non-hydrogen) atoms. The van der Waals surface area contributed by atoms with Crippen molar-refractivity contribution in [2.75, 3.05) is 6.61 Å². The summed E-state index contributed by atoms with van der Waals surface area (Å²) in [7, 11) is 0. The van der Waals surface area contributed by atoms with Crippen LogP contribution in [-0.2, 0) is 14.3 Å². The molecule has 1 fully saturated rings. The molecule has 0 unspecified atom stereocenters. The third kappa shape index (κ3) is 4.45. The van der Waals surface area contributed by atoms with Crippen molar-refractivity contribution in [1.29, 1.82) is 0 Å². The van der Waals surface area contributed by atoms with Crippen LogP contribution >= 0.6 is 0 Å². The standard InChI is InChI=1S/C26H30N2O5/c1-3-26(4-2,23(30)31)27-22(29)15-25(13-14-25)28-24(32)33-16-21-19-11-7-5-9-17(19)18-10-6-8-12-20(18)21/h5-12,21H,3-4,13-16H2,1-2H3,(H,27,29)(H,28,32)(H,30,31). The maximum atomic E-state index is 12.6. The summed E-state index contributed by atoms with van der Waals surface area (Å²) in [5.74, 6) is -1.46. The number of fused-ring (bicyclic) bond motifs is 3. The van der Waals surface area contributed by atoms with E-state index >= 15 is 0 Å². The Morgan fingerprint density at radius 2 is 1.55 bits per heavy atom. The van der Waals surface area contributed by atoms with Gasteiger partial charge in [0.2, 0.25) is 5.91 Å². The summed E-state index contributed by atoms with van der Waals surface area (Å²) in [5, 5.41) is 15.1. The molecule has 0 bridgehead atoms. The number of carbonyl (C=O) groups excluding carboxylic acids is 2. The molecule has 4 rings (SSSR count). The van der Waals surface area contributed by atoms with Crippen molar-refractivity contribution in [3.05, 3.63) is 59.7 Å². The van der Waals surface area contributed by atoms with Gasteiger partial charge >= 0.3 is 12.1 Å². The summed E-state index contributed by atoms with van der Waals surface area (Å²) in [6.45, 7) is 3.68. The average molecular weight is 451 g/mol. The van der Waals surface area contributed by atoms with Crippen molar-refractivity contribution in [2.24, 2.45) is 0 Å². The Morgan fingerprint density at radius 1 is 1.00 bits per heavy atom. The molecule has 0 atom stereocenters. The van der Waals surface area contributed by atoms with Gasteiger partial charge < -0.3 is 20.5 Å². The van der Waals surface area contributed by atoms with Crippen molar-refractivity contribution in [2.45, 2.75) is 62.9 Å². The van der Waals surface area contributed by atoms with E-state index < -0.39 is 23.1 Å². The number of carbonyl (C=O) groups is 3. The second-order valence-electron chi connectivity index (χ2n) is 9.05. The van der Waals surface area contributed by atoms with Gasteiger partial charge in [-0.15, -0.1) is 0 Å². The normalized spacial score (nSPS) is 15.8. The Morgan fingerprint density at radius 3 is 2.03 bits per heavy atom. The van der Waals surface area contributed by atoms with Crippen molar-refractivity contribution < 1.29 is 24.2 Å². The summed E-state index contributed by atoms with van der Waals surface area (Å²) in [5.41, 5.74) is 2.64. The number of hydrogen-bond acceptors (Lipinski definition) is 4. The minimum absolute atomic E-state index is 0.0340. The lowest BCUT2D eigenvalue weighted by molar-refractivity contribution is -0.148. The maximum Gasteiger partial charge on any atom is 0.407 e. The summed E-state index contributed by atoms with van der Waals surface area (Å²) in [6.07, 6.45) is 1.37.